The van der Waals surface area contributed by atoms with Crippen LogP contribution < -0.4 is 10.9 Å². The van der Waals surface area contributed by atoms with E-state index in [9.17, 15) is 9.59 Å². The molecule has 0 aliphatic rings. The minimum atomic E-state index is -0.430. The molecule has 1 amide bonds. The highest BCUT2D eigenvalue weighted by Crippen LogP contribution is 2.20. The molecule has 7 nitrogen and oxygen atoms in total. The Morgan fingerprint density at radius 3 is 2.45 bits per heavy atom. The molecule has 0 saturated carbocycles. The second-order valence-electron chi connectivity index (χ2n) is 6.90. The molecule has 2 aromatic heterocycles. The number of imidazole rings is 1. The molecule has 4 aromatic rings. The Kier molecular flexibility index (Phi) is 4.95. The highest BCUT2D eigenvalue weighted by Gasteiger charge is 2.21. The van der Waals surface area contributed by atoms with E-state index in [0.29, 0.717) is 16.9 Å². The number of carbonyl (C=O) groups is 1. The van der Waals surface area contributed by atoms with Crippen molar-refractivity contribution in [1.82, 2.24) is 24.6 Å². The summed E-state index contributed by atoms with van der Waals surface area (Å²) < 4.78 is 3.08. The van der Waals surface area contributed by atoms with Crippen LogP contribution in [0.5, 0.6) is 0 Å². The fraction of sp³-hybridized carbons (Fsp3) is 0.182. The van der Waals surface area contributed by atoms with Gasteiger partial charge in [-0.1, -0.05) is 48.5 Å². The highest BCUT2D eigenvalue weighted by atomic mass is 16.2. The topological polar surface area (TPSA) is 81.8 Å². The lowest BCUT2D eigenvalue weighted by atomic mass is 10.1. The first-order valence-electron chi connectivity index (χ1n) is 9.32. The Bertz CT molecular complexity index is 1230. The molecule has 1 unspecified atom stereocenters. The number of hydrogen-bond acceptors (Lipinski definition) is 4. The molecule has 1 atom stereocenters. The summed E-state index contributed by atoms with van der Waals surface area (Å²) in [5.74, 6) is 0.394. The maximum Gasteiger partial charge on any atom is 0.275 e. The molecule has 1 N–H and O–H groups in total. The van der Waals surface area contributed by atoms with E-state index in [0.717, 1.165) is 10.9 Å². The smallest absolute Gasteiger partial charge is 0.275 e. The van der Waals surface area contributed by atoms with Crippen LogP contribution in [0.1, 0.15) is 23.1 Å². The lowest BCUT2D eigenvalue weighted by Gasteiger charge is -2.19. The van der Waals surface area contributed by atoms with E-state index in [2.05, 4.69) is 15.4 Å². The Labute approximate surface area is 167 Å². The summed E-state index contributed by atoms with van der Waals surface area (Å²) in [6.45, 7) is 1.66. The summed E-state index contributed by atoms with van der Waals surface area (Å²) in [7, 11) is 1.88. The Balaban J connectivity index is 1.64. The molecule has 0 spiro atoms. The number of amides is 1. The second kappa shape index (κ2) is 7.71. The number of rotatable bonds is 5. The number of benzene rings is 2. The van der Waals surface area contributed by atoms with Crippen molar-refractivity contribution in [2.45, 2.75) is 19.5 Å². The van der Waals surface area contributed by atoms with Gasteiger partial charge in [0, 0.05) is 24.8 Å². The van der Waals surface area contributed by atoms with E-state index < -0.39 is 6.04 Å². The van der Waals surface area contributed by atoms with Gasteiger partial charge in [0.1, 0.15) is 18.4 Å². The molecule has 4 rings (SSSR count). The average molecular weight is 387 g/mol. The average Bonchev–Trinajstić information content (AvgIpc) is 3.16. The van der Waals surface area contributed by atoms with Gasteiger partial charge < -0.3 is 9.88 Å². The van der Waals surface area contributed by atoms with E-state index in [-0.39, 0.29) is 18.0 Å². The lowest BCUT2D eigenvalue weighted by molar-refractivity contribution is -0.122. The van der Waals surface area contributed by atoms with Crippen molar-refractivity contribution in [3.63, 3.8) is 0 Å². The van der Waals surface area contributed by atoms with Crippen molar-refractivity contribution in [2.75, 3.05) is 0 Å². The second-order valence-corrected chi connectivity index (χ2v) is 6.90. The maximum absolute atomic E-state index is 12.9. The Morgan fingerprint density at radius 2 is 1.76 bits per heavy atom. The molecule has 0 radical (unpaired) electrons. The molecule has 0 bridgehead atoms. The van der Waals surface area contributed by atoms with Crippen LogP contribution in [0, 0.1) is 6.92 Å². The summed E-state index contributed by atoms with van der Waals surface area (Å²) in [5, 5.41) is 8.67. The van der Waals surface area contributed by atoms with E-state index >= 15 is 0 Å². The van der Waals surface area contributed by atoms with Crippen LogP contribution in [0.25, 0.3) is 10.8 Å². The van der Waals surface area contributed by atoms with Gasteiger partial charge in [-0.2, -0.15) is 5.10 Å². The SMILES string of the molecule is Cc1nn(CC(=O)NC(c2ccccc2)c2nccn2C)c(=O)c2ccccc12. The number of nitrogens with zero attached hydrogens (tertiary/aromatic N) is 4. The van der Waals surface area contributed by atoms with Gasteiger partial charge >= 0.3 is 0 Å². The number of fused-ring (bicyclic) bond motifs is 1. The molecule has 0 saturated heterocycles. The summed E-state index contributed by atoms with van der Waals surface area (Å²) in [5.41, 5.74) is 1.33. The third-order valence-corrected chi connectivity index (χ3v) is 4.90. The van der Waals surface area contributed by atoms with Crippen LogP contribution in [0.15, 0.2) is 71.8 Å². The molecule has 0 aliphatic carbocycles. The molecule has 2 aromatic carbocycles. The first kappa shape index (κ1) is 18.6. The quantitative estimate of drug-likeness (QED) is 0.570. The molecule has 0 aliphatic heterocycles. The van der Waals surface area contributed by atoms with E-state index in [1.807, 2.05) is 67.2 Å². The van der Waals surface area contributed by atoms with Gasteiger partial charge in [0.15, 0.2) is 0 Å². The zero-order valence-electron chi connectivity index (χ0n) is 16.2. The largest absolute Gasteiger partial charge is 0.340 e. The number of nitrogens with one attached hydrogen (secondary N) is 1. The number of hydrogen-bond donors (Lipinski definition) is 1. The van der Waals surface area contributed by atoms with Crippen LogP contribution in [0.2, 0.25) is 0 Å². The van der Waals surface area contributed by atoms with Gasteiger partial charge in [0.25, 0.3) is 5.56 Å². The van der Waals surface area contributed by atoms with Crippen molar-refractivity contribution in [3.8, 4) is 0 Å². The van der Waals surface area contributed by atoms with Gasteiger partial charge in [-0.05, 0) is 18.6 Å². The summed E-state index contributed by atoms with van der Waals surface area (Å²) in [6, 6.07) is 16.5. The Hall–Kier alpha value is -3.74. The zero-order chi connectivity index (χ0) is 20.4. The molecule has 2 heterocycles. The number of aryl methyl sites for hydroxylation is 2. The van der Waals surface area contributed by atoms with Gasteiger partial charge in [-0.25, -0.2) is 9.67 Å². The van der Waals surface area contributed by atoms with Gasteiger partial charge in [0.05, 0.1) is 11.1 Å². The summed E-state index contributed by atoms with van der Waals surface area (Å²) >= 11 is 0. The minimum Gasteiger partial charge on any atom is -0.340 e. The molecule has 146 valence electrons. The normalized spacial score (nSPS) is 12.1. The summed E-state index contributed by atoms with van der Waals surface area (Å²) in [6.07, 6.45) is 3.52. The third kappa shape index (κ3) is 3.67. The van der Waals surface area contributed by atoms with Crippen molar-refractivity contribution in [1.29, 1.82) is 0 Å². The standard InChI is InChI=1S/C22H21N5O2/c1-15-17-10-6-7-11-18(17)22(29)27(25-15)14-19(28)24-20(16-8-4-3-5-9-16)21-23-12-13-26(21)2/h3-13,20H,14H2,1-2H3,(H,24,28). The van der Waals surface area contributed by atoms with Gasteiger partial charge in [0.2, 0.25) is 5.91 Å². The maximum atomic E-state index is 12.9. The predicted octanol–water partition coefficient (Wildman–Crippen LogP) is 2.34. The predicted molar refractivity (Wildman–Crippen MR) is 110 cm³/mol. The highest BCUT2D eigenvalue weighted by molar-refractivity contribution is 5.83. The fourth-order valence-electron chi connectivity index (χ4n) is 3.45. The van der Waals surface area contributed by atoms with E-state index in [4.69, 9.17) is 0 Å². The van der Waals surface area contributed by atoms with E-state index in [1.165, 1.54) is 4.68 Å². The van der Waals surface area contributed by atoms with Crippen LogP contribution in [-0.2, 0) is 18.4 Å². The third-order valence-electron chi connectivity index (χ3n) is 4.90. The van der Waals surface area contributed by atoms with Crippen molar-refractivity contribution in [3.05, 3.63) is 94.4 Å². The lowest BCUT2D eigenvalue weighted by Crippen LogP contribution is -2.37. The van der Waals surface area contributed by atoms with Crippen LogP contribution in [-0.4, -0.2) is 25.2 Å². The Morgan fingerprint density at radius 1 is 1.07 bits per heavy atom. The van der Waals surface area contributed by atoms with Gasteiger partial charge in [-0.3, -0.25) is 9.59 Å². The molecule has 0 fully saturated rings. The van der Waals surface area contributed by atoms with Crippen LogP contribution >= 0.6 is 0 Å². The van der Waals surface area contributed by atoms with Crippen LogP contribution in [0.3, 0.4) is 0 Å². The molecular formula is C22H21N5O2. The van der Waals surface area contributed by atoms with Crippen LogP contribution in [0.4, 0.5) is 0 Å². The zero-order valence-corrected chi connectivity index (χ0v) is 16.2. The first-order valence-corrected chi connectivity index (χ1v) is 9.32. The van der Waals surface area contributed by atoms with Gasteiger partial charge in [-0.15, -0.1) is 0 Å². The molecular weight excluding hydrogens is 366 g/mol. The van der Waals surface area contributed by atoms with Crippen molar-refractivity contribution in [2.24, 2.45) is 7.05 Å². The minimum absolute atomic E-state index is 0.168. The summed E-state index contributed by atoms with van der Waals surface area (Å²) in [4.78, 5) is 30.0. The molecule has 29 heavy (non-hydrogen) atoms. The number of aromatic nitrogens is 4. The first-order chi connectivity index (χ1) is 14.0. The fourth-order valence-corrected chi connectivity index (χ4v) is 3.45. The number of carbonyl (C=O) groups excluding carboxylic acids is 1. The van der Waals surface area contributed by atoms with Crippen molar-refractivity contribution < 1.29 is 4.79 Å². The monoisotopic (exact) mass is 387 g/mol. The van der Waals surface area contributed by atoms with E-state index in [1.54, 1.807) is 18.3 Å². The molecule has 7 heteroatoms. The van der Waals surface area contributed by atoms with Crippen molar-refractivity contribution >= 4 is 16.7 Å².